The third-order valence-electron chi connectivity index (χ3n) is 5.66. The van der Waals surface area contributed by atoms with Crippen molar-refractivity contribution in [2.45, 2.75) is 25.6 Å². The van der Waals surface area contributed by atoms with E-state index in [4.69, 9.17) is 5.73 Å². The van der Waals surface area contributed by atoms with Crippen molar-refractivity contribution in [2.75, 3.05) is 12.3 Å². The van der Waals surface area contributed by atoms with Crippen LogP contribution in [0.2, 0.25) is 0 Å². The van der Waals surface area contributed by atoms with Crippen molar-refractivity contribution >= 4 is 34.2 Å². The van der Waals surface area contributed by atoms with Gasteiger partial charge >= 0.3 is 6.18 Å². The summed E-state index contributed by atoms with van der Waals surface area (Å²) in [5.41, 5.74) is 7.28. The lowest BCUT2D eigenvalue weighted by atomic mass is 10.1. The number of hydrogen-bond acceptors (Lipinski definition) is 6. The van der Waals surface area contributed by atoms with E-state index in [0.29, 0.717) is 41.5 Å². The van der Waals surface area contributed by atoms with Crippen molar-refractivity contribution in [1.29, 1.82) is 0 Å². The highest BCUT2D eigenvalue weighted by atomic mass is 19.4. The molecule has 5 rings (SSSR count). The fourth-order valence-corrected chi connectivity index (χ4v) is 3.95. The largest absolute Gasteiger partial charge is 0.417 e. The monoisotopic (exact) mass is 469 g/mol. The molecule has 0 spiro atoms. The predicted octanol–water partition coefficient (Wildman–Crippen LogP) is 3.06. The molecule has 34 heavy (non-hydrogen) atoms. The molecule has 2 amide bonds. The molecule has 174 valence electrons. The van der Waals surface area contributed by atoms with Crippen molar-refractivity contribution in [3.63, 3.8) is 0 Å². The summed E-state index contributed by atoms with van der Waals surface area (Å²) in [7, 11) is 0. The van der Waals surface area contributed by atoms with Crippen LogP contribution in [0.3, 0.4) is 0 Å². The van der Waals surface area contributed by atoms with Crippen LogP contribution in [0.5, 0.6) is 0 Å². The lowest BCUT2D eigenvalue weighted by Gasteiger charge is -2.31. The van der Waals surface area contributed by atoms with Crippen LogP contribution in [0.15, 0.2) is 49.1 Å². The van der Waals surface area contributed by atoms with Gasteiger partial charge in [-0.05, 0) is 36.8 Å². The van der Waals surface area contributed by atoms with E-state index in [1.807, 2.05) is 0 Å². The molecule has 0 bridgehead atoms. The third kappa shape index (κ3) is 3.76. The maximum atomic E-state index is 13.5. The highest BCUT2D eigenvalue weighted by molar-refractivity contribution is 5.99. The molecule has 1 aliphatic rings. The Bertz CT molecular complexity index is 1420. The number of hydrogen-bond donors (Lipinski definition) is 1. The van der Waals surface area contributed by atoms with E-state index in [1.54, 1.807) is 35.1 Å². The Kier molecular flexibility index (Phi) is 5.07. The summed E-state index contributed by atoms with van der Waals surface area (Å²) in [6.45, 7) is 0.157. The normalized spacial score (nSPS) is 14.3. The van der Waals surface area contributed by atoms with Crippen molar-refractivity contribution in [2.24, 2.45) is 0 Å². The number of carbonyl (C=O) groups is 2. The van der Waals surface area contributed by atoms with Gasteiger partial charge in [0.2, 0.25) is 5.91 Å². The van der Waals surface area contributed by atoms with Gasteiger partial charge in [-0.3, -0.25) is 24.0 Å². The summed E-state index contributed by atoms with van der Waals surface area (Å²) in [5, 5.41) is 2.54. The smallest absolute Gasteiger partial charge is 0.382 e. The number of alkyl halides is 3. The average molecular weight is 469 g/mol. The standard InChI is InChI=1S/C22H18F3N7O2/c23-22(24,25)14-4-5-15(28-9-14)11-32(31-7-1-2-19(31)33)21(34)13-3-6-16-17(8-13)30-12-27-10-18(30)20(26)29-16/h3-6,8-10,12H,1-2,7,11H2,(H2,26,29). The Morgan fingerprint density at radius 2 is 1.97 bits per heavy atom. The molecule has 0 radical (unpaired) electrons. The number of rotatable bonds is 4. The fraction of sp³-hybridized carbons (Fsp3) is 0.227. The van der Waals surface area contributed by atoms with Crippen LogP contribution in [0.4, 0.5) is 19.0 Å². The van der Waals surface area contributed by atoms with Crippen LogP contribution in [-0.4, -0.2) is 47.7 Å². The van der Waals surface area contributed by atoms with E-state index in [0.717, 1.165) is 6.07 Å². The van der Waals surface area contributed by atoms with Crippen molar-refractivity contribution < 1.29 is 22.8 Å². The molecule has 12 heteroatoms. The SMILES string of the molecule is Nc1nc2ccc(C(=O)N(Cc3ccc(C(F)(F)F)cn3)N3CCCC3=O)cc2n2cncc12. The molecule has 0 saturated carbocycles. The van der Waals surface area contributed by atoms with Gasteiger partial charge in [0.25, 0.3) is 5.91 Å². The molecule has 0 aliphatic carbocycles. The molecule has 0 atom stereocenters. The quantitative estimate of drug-likeness (QED) is 0.492. The first-order valence-electron chi connectivity index (χ1n) is 10.4. The fourth-order valence-electron chi connectivity index (χ4n) is 3.95. The van der Waals surface area contributed by atoms with E-state index < -0.39 is 17.6 Å². The molecule has 1 saturated heterocycles. The molecule has 1 aromatic carbocycles. The number of nitrogen functional groups attached to an aromatic ring is 1. The summed E-state index contributed by atoms with van der Waals surface area (Å²) in [6.07, 6.45) is 0.152. The molecule has 2 N–H and O–H groups in total. The van der Waals surface area contributed by atoms with Gasteiger partial charge in [0, 0.05) is 24.7 Å². The minimum Gasteiger partial charge on any atom is -0.382 e. The highest BCUT2D eigenvalue weighted by Gasteiger charge is 2.33. The predicted molar refractivity (Wildman–Crippen MR) is 115 cm³/mol. The van der Waals surface area contributed by atoms with Gasteiger partial charge in [0.15, 0.2) is 0 Å². The summed E-state index contributed by atoms with van der Waals surface area (Å²) >= 11 is 0. The van der Waals surface area contributed by atoms with Crippen LogP contribution in [0.1, 0.15) is 34.5 Å². The molecule has 1 aliphatic heterocycles. The number of hydrazine groups is 1. The second-order valence-corrected chi connectivity index (χ2v) is 7.87. The Morgan fingerprint density at radius 1 is 1.15 bits per heavy atom. The maximum absolute atomic E-state index is 13.5. The summed E-state index contributed by atoms with van der Waals surface area (Å²) in [4.78, 5) is 38.3. The summed E-state index contributed by atoms with van der Waals surface area (Å²) in [6, 6.07) is 6.92. The minimum absolute atomic E-state index is 0.165. The van der Waals surface area contributed by atoms with Crippen molar-refractivity contribution in [3.05, 3.63) is 65.9 Å². The van der Waals surface area contributed by atoms with Crippen LogP contribution < -0.4 is 5.73 Å². The van der Waals surface area contributed by atoms with Crippen LogP contribution in [0, 0.1) is 0 Å². The zero-order valence-electron chi connectivity index (χ0n) is 17.7. The zero-order chi connectivity index (χ0) is 24.0. The average Bonchev–Trinajstić information content (AvgIpc) is 3.46. The van der Waals surface area contributed by atoms with Crippen LogP contribution >= 0.6 is 0 Å². The van der Waals surface area contributed by atoms with Gasteiger partial charge in [-0.15, -0.1) is 0 Å². The van der Waals surface area contributed by atoms with E-state index in [1.165, 1.54) is 16.1 Å². The number of aromatic nitrogens is 4. The van der Waals surface area contributed by atoms with Gasteiger partial charge in [0.05, 0.1) is 41.4 Å². The van der Waals surface area contributed by atoms with E-state index in [9.17, 15) is 22.8 Å². The van der Waals surface area contributed by atoms with E-state index in [2.05, 4.69) is 15.0 Å². The van der Waals surface area contributed by atoms with E-state index >= 15 is 0 Å². The Hall–Kier alpha value is -4.22. The lowest BCUT2D eigenvalue weighted by molar-refractivity contribution is -0.140. The first kappa shape index (κ1) is 21.6. The number of nitrogens with zero attached hydrogens (tertiary/aromatic N) is 6. The summed E-state index contributed by atoms with van der Waals surface area (Å²) in [5.74, 6) is -0.446. The molecule has 0 unspecified atom stereocenters. The Balaban J connectivity index is 1.52. The van der Waals surface area contributed by atoms with E-state index in [-0.39, 0.29) is 30.1 Å². The van der Waals surface area contributed by atoms with Gasteiger partial charge in [-0.25, -0.2) is 15.0 Å². The molecule has 1 fully saturated rings. The first-order chi connectivity index (χ1) is 16.2. The number of anilines is 1. The number of benzene rings is 1. The molecular formula is C22H18F3N7O2. The number of imidazole rings is 1. The number of carbonyl (C=O) groups excluding carboxylic acids is 2. The van der Waals surface area contributed by atoms with Gasteiger partial charge in [0.1, 0.15) is 11.3 Å². The van der Waals surface area contributed by atoms with Gasteiger partial charge < -0.3 is 5.73 Å². The van der Waals surface area contributed by atoms with Gasteiger partial charge in [-0.1, -0.05) is 0 Å². The number of pyridine rings is 1. The minimum atomic E-state index is -4.52. The highest BCUT2D eigenvalue weighted by Crippen LogP contribution is 2.29. The Morgan fingerprint density at radius 3 is 2.65 bits per heavy atom. The summed E-state index contributed by atoms with van der Waals surface area (Å²) < 4.78 is 40.4. The third-order valence-corrected chi connectivity index (χ3v) is 5.66. The molecule has 9 nitrogen and oxygen atoms in total. The second-order valence-electron chi connectivity index (χ2n) is 7.87. The van der Waals surface area contributed by atoms with Crippen molar-refractivity contribution in [3.8, 4) is 0 Å². The number of halogens is 3. The van der Waals surface area contributed by atoms with Crippen LogP contribution in [0.25, 0.3) is 16.6 Å². The van der Waals surface area contributed by atoms with Crippen molar-refractivity contribution in [1.82, 2.24) is 29.4 Å². The first-order valence-corrected chi connectivity index (χ1v) is 10.4. The van der Waals surface area contributed by atoms with Gasteiger partial charge in [-0.2, -0.15) is 13.2 Å². The molecule has 4 heterocycles. The number of nitrogens with two attached hydrogens (primary N) is 1. The van der Waals surface area contributed by atoms with Crippen LogP contribution in [-0.2, 0) is 17.5 Å². The zero-order valence-corrected chi connectivity index (χ0v) is 17.7. The molecule has 4 aromatic rings. The second kappa shape index (κ2) is 7.97. The number of fused-ring (bicyclic) bond motifs is 3. The lowest BCUT2D eigenvalue weighted by Crippen LogP contribution is -2.46. The number of amides is 2. The molecule has 3 aromatic heterocycles. The topological polar surface area (TPSA) is 110 Å². The Labute approximate surface area is 190 Å². The maximum Gasteiger partial charge on any atom is 0.417 e. The molecular weight excluding hydrogens is 451 g/mol.